The zero-order valence-electron chi connectivity index (χ0n) is 13.5. The van der Waals surface area contributed by atoms with Crippen molar-refractivity contribution in [2.45, 2.75) is 20.8 Å². The molecule has 0 amide bonds. The second-order valence-corrected chi connectivity index (χ2v) is 5.43. The largest absolute Gasteiger partial charge is 0.359 e. The van der Waals surface area contributed by atoms with E-state index in [9.17, 15) is 9.65 Å². The number of aromatic nitrogens is 1. The summed E-state index contributed by atoms with van der Waals surface area (Å²) in [7, 11) is 0. The molecular formula is C18H19ClFN3. The number of allylic oxidation sites excluding steroid dienone is 1. The molecule has 0 saturated carbocycles. The van der Waals surface area contributed by atoms with Crippen LogP contribution in [0.15, 0.2) is 36.7 Å². The van der Waals surface area contributed by atoms with Gasteiger partial charge in [0, 0.05) is 36.6 Å². The summed E-state index contributed by atoms with van der Waals surface area (Å²) in [6, 6.07) is 6.95. The monoisotopic (exact) mass is 331 g/mol. The number of rotatable bonds is 5. The van der Waals surface area contributed by atoms with Gasteiger partial charge >= 0.3 is 0 Å². The Morgan fingerprint density at radius 2 is 2.00 bits per heavy atom. The number of hydrogen-bond acceptors (Lipinski definition) is 2. The smallest absolute Gasteiger partial charge is 0.149 e. The second-order valence-electron chi connectivity index (χ2n) is 5.03. The van der Waals surface area contributed by atoms with Gasteiger partial charge in [0.25, 0.3) is 0 Å². The number of nitriles is 1. The Labute approximate surface area is 141 Å². The predicted octanol–water partition coefficient (Wildman–Crippen LogP) is 4.98. The summed E-state index contributed by atoms with van der Waals surface area (Å²) < 4.78 is 16.2. The van der Waals surface area contributed by atoms with Gasteiger partial charge in [-0.1, -0.05) is 23.7 Å². The molecule has 0 unspecified atom stereocenters. The summed E-state index contributed by atoms with van der Waals surface area (Å²) >= 11 is 5.87. The van der Waals surface area contributed by atoms with E-state index < -0.39 is 5.82 Å². The molecule has 0 N–H and O–H groups in total. The zero-order chi connectivity index (χ0) is 17.0. The van der Waals surface area contributed by atoms with Crippen molar-refractivity contribution >= 4 is 17.4 Å². The van der Waals surface area contributed by atoms with Crippen molar-refractivity contribution in [2.24, 2.45) is 0 Å². The summed E-state index contributed by atoms with van der Waals surface area (Å²) in [5, 5.41) is 9.46. The topological polar surface area (TPSA) is 32.0 Å². The van der Waals surface area contributed by atoms with Crippen molar-refractivity contribution in [3.8, 4) is 17.2 Å². The first kappa shape index (κ1) is 17.1. The first-order valence-corrected chi connectivity index (χ1v) is 7.93. The fourth-order valence-corrected chi connectivity index (χ4v) is 2.82. The molecule has 0 atom stereocenters. The van der Waals surface area contributed by atoms with Crippen LogP contribution in [0.1, 0.15) is 26.3 Å². The van der Waals surface area contributed by atoms with Gasteiger partial charge in [0.1, 0.15) is 17.7 Å². The first-order chi connectivity index (χ1) is 11.1. The normalized spacial score (nSPS) is 11.4. The van der Waals surface area contributed by atoms with E-state index >= 15 is 0 Å². The van der Waals surface area contributed by atoms with Crippen LogP contribution < -0.4 is 0 Å². The minimum absolute atomic E-state index is 0.0501. The lowest BCUT2D eigenvalue weighted by molar-refractivity contribution is 0.420. The Hall–Kier alpha value is -2.25. The maximum Gasteiger partial charge on any atom is 0.149 e. The molecule has 2 rings (SSSR count). The second kappa shape index (κ2) is 7.34. The molecule has 0 spiro atoms. The van der Waals surface area contributed by atoms with Gasteiger partial charge in [-0.3, -0.25) is 0 Å². The molecule has 0 aliphatic carbocycles. The third-order valence-corrected chi connectivity index (χ3v) is 4.09. The average molecular weight is 332 g/mol. The maximum atomic E-state index is 14.3. The molecular weight excluding hydrogens is 313 g/mol. The van der Waals surface area contributed by atoms with E-state index in [4.69, 9.17) is 11.6 Å². The molecule has 0 saturated heterocycles. The molecule has 23 heavy (non-hydrogen) atoms. The number of nitrogens with zero attached hydrogens (tertiary/aromatic N) is 3. The lowest BCUT2D eigenvalue weighted by Crippen LogP contribution is -2.24. The van der Waals surface area contributed by atoms with Crippen LogP contribution >= 0.6 is 11.6 Å². The van der Waals surface area contributed by atoms with Gasteiger partial charge in [-0.15, -0.1) is 0 Å². The van der Waals surface area contributed by atoms with E-state index in [2.05, 4.69) is 24.8 Å². The highest BCUT2D eigenvalue weighted by molar-refractivity contribution is 6.31. The summed E-state index contributed by atoms with van der Waals surface area (Å²) in [5.74, 6) is 0.452. The van der Waals surface area contributed by atoms with Crippen LogP contribution in [0.2, 0.25) is 5.02 Å². The van der Waals surface area contributed by atoms with E-state index in [1.165, 1.54) is 6.07 Å². The minimum Gasteiger partial charge on any atom is -0.359 e. The molecule has 0 aliphatic rings. The molecule has 2 aromatic rings. The third kappa shape index (κ3) is 3.25. The van der Waals surface area contributed by atoms with E-state index in [-0.39, 0.29) is 5.02 Å². The average Bonchev–Trinajstić information content (AvgIpc) is 2.98. The SMILES string of the molecule is C/C=C(/N(CC)CC)n1cc(C#N)c(-c2cccc(Cl)c2F)c1. The van der Waals surface area contributed by atoms with E-state index in [1.54, 1.807) is 24.5 Å². The number of halogens is 2. The first-order valence-electron chi connectivity index (χ1n) is 7.55. The van der Waals surface area contributed by atoms with Crippen molar-refractivity contribution in [1.29, 1.82) is 5.26 Å². The summed E-state index contributed by atoms with van der Waals surface area (Å²) in [6.45, 7) is 7.77. The Morgan fingerprint density at radius 1 is 1.30 bits per heavy atom. The highest BCUT2D eigenvalue weighted by Gasteiger charge is 2.17. The van der Waals surface area contributed by atoms with Crippen molar-refractivity contribution in [2.75, 3.05) is 13.1 Å². The van der Waals surface area contributed by atoms with Crippen LogP contribution in [0.4, 0.5) is 4.39 Å². The van der Waals surface area contributed by atoms with E-state index in [1.807, 2.05) is 17.6 Å². The van der Waals surface area contributed by atoms with Gasteiger partial charge in [-0.2, -0.15) is 5.26 Å². The number of hydrogen-bond donors (Lipinski definition) is 0. The van der Waals surface area contributed by atoms with Crippen LogP contribution in [-0.4, -0.2) is 22.6 Å². The minimum atomic E-state index is -0.506. The third-order valence-electron chi connectivity index (χ3n) is 3.80. The van der Waals surface area contributed by atoms with Gasteiger partial charge in [-0.05, 0) is 32.9 Å². The molecule has 1 heterocycles. The van der Waals surface area contributed by atoms with Crippen molar-refractivity contribution in [3.63, 3.8) is 0 Å². The Bertz CT molecular complexity index is 767. The summed E-state index contributed by atoms with van der Waals surface area (Å²) in [6.07, 6.45) is 5.48. The van der Waals surface area contributed by atoms with E-state index in [0.29, 0.717) is 16.7 Å². The van der Waals surface area contributed by atoms with Crippen LogP contribution in [0.3, 0.4) is 0 Å². The van der Waals surface area contributed by atoms with Gasteiger partial charge in [0.2, 0.25) is 0 Å². The van der Waals surface area contributed by atoms with Gasteiger partial charge in [0.05, 0.1) is 10.6 Å². The van der Waals surface area contributed by atoms with Crippen LogP contribution in [-0.2, 0) is 0 Å². The molecule has 0 radical (unpaired) electrons. The molecule has 0 bridgehead atoms. The predicted molar refractivity (Wildman–Crippen MR) is 92.4 cm³/mol. The fraction of sp³-hybridized carbons (Fsp3) is 0.278. The summed E-state index contributed by atoms with van der Waals surface area (Å²) in [4.78, 5) is 2.17. The van der Waals surface area contributed by atoms with Crippen molar-refractivity contribution < 1.29 is 4.39 Å². The molecule has 5 heteroatoms. The van der Waals surface area contributed by atoms with Crippen molar-refractivity contribution in [3.05, 3.63) is 53.1 Å². The molecule has 1 aromatic carbocycles. The van der Waals surface area contributed by atoms with Crippen LogP contribution in [0.5, 0.6) is 0 Å². The van der Waals surface area contributed by atoms with Gasteiger partial charge in [-0.25, -0.2) is 4.39 Å². The standard InChI is InChI=1S/C18H19ClFN3/c1-4-17(22(5-2)6-3)23-11-13(10-21)15(12-23)14-8-7-9-16(19)18(14)20/h4,7-9,11-12H,5-6H2,1-3H3/b17-4-. The van der Waals surface area contributed by atoms with Crippen molar-refractivity contribution in [1.82, 2.24) is 9.47 Å². The highest BCUT2D eigenvalue weighted by atomic mass is 35.5. The van der Waals surface area contributed by atoms with Crippen LogP contribution in [0, 0.1) is 17.1 Å². The fourth-order valence-electron chi connectivity index (χ4n) is 2.64. The maximum absolute atomic E-state index is 14.3. The Kier molecular flexibility index (Phi) is 5.46. The lowest BCUT2D eigenvalue weighted by atomic mass is 10.1. The number of benzene rings is 1. The summed E-state index contributed by atoms with van der Waals surface area (Å²) in [5.41, 5.74) is 1.29. The Morgan fingerprint density at radius 3 is 2.57 bits per heavy atom. The zero-order valence-corrected chi connectivity index (χ0v) is 14.2. The molecule has 0 aliphatic heterocycles. The van der Waals surface area contributed by atoms with E-state index in [0.717, 1.165) is 18.9 Å². The molecule has 1 aromatic heterocycles. The lowest BCUT2D eigenvalue weighted by Gasteiger charge is -2.24. The Balaban J connectivity index is 2.59. The van der Waals surface area contributed by atoms with Crippen LogP contribution in [0.25, 0.3) is 16.9 Å². The van der Waals surface area contributed by atoms with Gasteiger partial charge < -0.3 is 9.47 Å². The molecule has 120 valence electrons. The molecule has 0 fully saturated rings. The molecule has 3 nitrogen and oxygen atoms in total. The van der Waals surface area contributed by atoms with Gasteiger partial charge in [0.15, 0.2) is 0 Å². The highest BCUT2D eigenvalue weighted by Crippen LogP contribution is 2.31. The quantitative estimate of drug-likeness (QED) is 0.774.